The van der Waals surface area contributed by atoms with Gasteiger partial charge in [0.25, 0.3) is 17.5 Å². The van der Waals surface area contributed by atoms with Crippen molar-refractivity contribution in [1.82, 2.24) is 4.90 Å². The third kappa shape index (κ3) is 5.81. The van der Waals surface area contributed by atoms with Crippen LogP contribution in [-0.2, 0) is 19.1 Å². The van der Waals surface area contributed by atoms with Crippen molar-refractivity contribution in [2.24, 2.45) is 0 Å². The zero-order valence-electron chi connectivity index (χ0n) is 22.8. The van der Waals surface area contributed by atoms with Crippen molar-refractivity contribution in [2.45, 2.75) is 26.4 Å². The van der Waals surface area contributed by atoms with Crippen molar-refractivity contribution in [3.8, 4) is 10.4 Å². The first kappa shape index (κ1) is 27.6. The molecule has 3 aromatic carbocycles. The Morgan fingerprint density at radius 1 is 0.805 bits per heavy atom. The number of nitrogens with zero attached hydrogens (tertiary/aromatic N) is 3. The second-order valence-electron chi connectivity index (χ2n) is 10.3. The second kappa shape index (κ2) is 11.2. The fraction of sp³-hybridized carbons (Fsp3) is 0.152. The summed E-state index contributed by atoms with van der Waals surface area (Å²) in [5.41, 5.74) is 2.94. The molecule has 2 heterocycles. The normalized spacial score (nSPS) is 13.4. The molecule has 0 N–H and O–H groups in total. The Balaban J connectivity index is 1.41. The number of amides is 2. The fourth-order valence-corrected chi connectivity index (χ4v) is 5.59. The molecule has 0 aliphatic carbocycles. The van der Waals surface area contributed by atoms with E-state index >= 15 is 0 Å². The maximum Gasteiger partial charge on any atom is 0.326 e. The van der Waals surface area contributed by atoms with E-state index in [9.17, 15) is 14.4 Å². The highest BCUT2D eigenvalue weighted by Gasteiger charge is 2.41. The molecular formula is C33H27N3O4S. The predicted octanol–water partition coefficient (Wildman–Crippen LogP) is 7.23. The molecule has 41 heavy (non-hydrogen) atoms. The number of imide groups is 1. The van der Waals surface area contributed by atoms with Crippen molar-refractivity contribution in [3.05, 3.63) is 119 Å². The number of carbonyl (C=O) groups excluding carboxylic acids is 3. The highest BCUT2D eigenvalue weighted by Crippen LogP contribution is 2.39. The minimum atomic E-state index is -0.785. The maximum atomic E-state index is 13.2. The number of benzene rings is 3. The van der Waals surface area contributed by atoms with Crippen molar-refractivity contribution in [2.75, 3.05) is 11.4 Å². The van der Waals surface area contributed by atoms with Gasteiger partial charge in [-0.3, -0.25) is 19.3 Å². The molecule has 0 bridgehead atoms. The summed E-state index contributed by atoms with van der Waals surface area (Å²) < 4.78 is 5.27. The van der Waals surface area contributed by atoms with Gasteiger partial charge < -0.3 is 9.64 Å². The molecule has 8 heteroatoms. The molecule has 0 fully saturated rings. The van der Waals surface area contributed by atoms with Crippen LogP contribution in [0.4, 0.5) is 17.1 Å². The molecule has 4 aromatic rings. The largest absolute Gasteiger partial charge is 0.459 e. The van der Waals surface area contributed by atoms with Gasteiger partial charge in [-0.05, 0) is 74.9 Å². The van der Waals surface area contributed by atoms with Gasteiger partial charge in [0.2, 0.25) is 0 Å². The second-order valence-corrected chi connectivity index (χ2v) is 11.4. The molecule has 0 saturated carbocycles. The number of hydrogen-bond acceptors (Lipinski definition) is 6. The van der Waals surface area contributed by atoms with Gasteiger partial charge >= 0.3 is 5.97 Å². The molecule has 1 aromatic heterocycles. The molecule has 5 rings (SSSR count). The molecule has 0 atom stereocenters. The lowest BCUT2D eigenvalue weighted by molar-refractivity contribution is -0.160. The summed E-state index contributed by atoms with van der Waals surface area (Å²) in [6, 6.07) is 31.9. The van der Waals surface area contributed by atoms with Gasteiger partial charge in [-0.1, -0.05) is 48.5 Å². The van der Waals surface area contributed by atoms with Crippen LogP contribution >= 0.6 is 11.3 Å². The Kier molecular flexibility index (Phi) is 7.56. The third-order valence-corrected chi connectivity index (χ3v) is 7.41. The van der Waals surface area contributed by atoms with Crippen LogP contribution in [0.3, 0.4) is 0 Å². The standard InChI is InChI=1S/C33H27N3O4S/c1-33(2,3)40-28(37)21-35-31(38)29(30(34-4)32(35)39)27-20-19-26(41-27)22-15-17-25(18-16-22)36(23-11-7-5-8-12-23)24-13-9-6-10-14-24/h5-20H,21H2,1-3H3. The van der Waals surface area contributed by atoms with Gasteiger partial charge in [-0.2, -0.15) is 0 Å². The Morgan fingerprint density at radius 3 is 1.88 bits per heavy atom. The summed E-state index contributed by atoms with van der Waals surface area (Å²) in [7, 11) is 0. The molecule has 1 aliphatic rings. The monoisotopic (exact) mass is 561 g/mol. The number of esters is 1. The lowest BCUT2D eigenvalue weighted by atomic mass is 10.1. The topological polar surface area (TPSA) is 71.3 Å². The molecular weight excluding hydrogens is 534 g/mol. The van der Waals surface area contributed by atoms with E-state index in [1.165, 1.54) is 11.3 Å². The molecule has 7 nitrogen and oxygen atoms in total. The Labute approximate surface area is 242 Å². The van der Waals surface area contributed by atoms with Gasteiger partial charge in [0.1, 0.15) is 12.1 Å². The van der Waals surface area contributed by atoms with Crippen LogP contribution in [0.25, 0.3) is 20.9 Å². The molecule has 0 radical (unpaired) electrons. The summed E-state index contributed by atoms with van der Waals surface area (Å²) in [4.78, 5) is 46.1. The van der Waals surface area contributed by atoms with Crippen LogP contribution in [0.15, 0.2) is 103 Å². The minimum Gasteiger partial charge on any atom is -0.459 e. The fourth-order valence-electron chi connectivity index (χ4n) is 4.54. The zero-order valence-corrected chi connectivity index (χ0v) is 23.6. The molecule has 2 amide bonds. The van der Waals surface area contributed by atoms with E-state index in [0.717, 1.165) is 32.4 Å². The van der Waals surface area contributed by atoms with Gasteiger partial charge in [0, 0.05) is 26.8 Å². The van der Waals surface area contributed by atoms with Crippen LogP contribution in [0.1, 0.15) is 25.6 Å². The summed E-state index contributed by atoms with van der Waals surface area (Å²) in [6.07, 6.45) is 0. The highest BCUT2D eigenvalue weighted by molar-refractivity contribution is 7.17. The molecule has 1 aliphatic heterocycles. The van der Waals surface area contributed by atoms with Crippen LogP contribution < -0.4 is 4.90 Å². The van der Waals surface area contributed by atoms with Crippen molar-refractivity contribution in [3.63, 3.8) is 0 Å². The number of hydrogen-bond donors (Lipinski definition) is 0. The van der Waals surface area contributed by atoms with Gasteiger partial charge in [-0.25, -0.2) is 4.85 Å². The van der Waals surface area contributed by atoms with E-state index in [-0.39, 0.29) is 11.3 Å². The first-order valence-electron chi connectivity index (χ1n) is 13.0. The highest BCUT2D eigenvalue weighted by atomic mass is 32.1. The van der Waals surface area contributed by atoms with E-state index in [1.807, 2.05) is 66.7 Å². The van der Waals surface area contributed by atoms with Crippen molar-refractivity contribution < 1.29 is 19.1 Å². The zero-order chi connectivity index (χ0) is 29.1. The average molecular weight is 562 g/mol. The number of ether oxygens (including phenoxy) is 1. The van der Waals surface area contributed by atoms with Crippen LogP contribution in [0, 0.1) is 6.57 Å². The number of rotatable bonds is 7. The van der Waals surface area contributed by atoms with Crippen LogP contribution in [0.5, 0.6) is 0 Å². The summed E-state index contributed by atoms with van der Waals surface area (Å²) >= 11 is 1.32. The maximum absolute atomic E-state index is 13.2. The Morgan fingerprint density at radius 2 is 1.34 bits per heavy atom. The van der Waals surface area contributed by atoms with Crippen molar-refractivity contribution in [1.29, 1.82) is 0 Å². The molecule has 0 unspecified atom stereocenters. The predicted molar refractivity (Wildman–Crippen MR) is 161 cm³/mol. The van der Waals surface area contributed by atoms with Gasteiger partial charge in [0.05, 0.1) is 12.1 Å². The third-order valence-electron chi connectivity index (χ3n) is 6.25. The van der Waals surface area contributed by atoms with E-state index in [0.29, 0.717) is 4.88 Å². The minimum absolute atomic E-state index is 0.0146. The summed E-state index contributed by atoms with van der Waals surface area (Å²) in [5.74, 6) is -2.17. The number of para-hydroxylation sites is 2. The van der Waals surface area contributed by atoms with Crippen LogP contribution in [-0.4, -0.2) is 34.8 Å². The molecule has 0 spiro atoms. The number of anilines is 3. The number of carbonyl (C=O) groups is 3. The van der Waals surface area contributed by atoms with E-state index in [2.05, 4.69) is 34.0 Å². The first-order valence-corrected chi connectivity index (χ1v) is 13.8. The van der Waals surface area contributed by atoms with Gasteiger partial charge in [-0.15, -0.1) is 11.3 Å². The molecule has 0 saturated heterocycles. The number of thiophene rings is 1. The SMILES string of the molecule is [C-]#[N+]C1=C(c2ccc(-c3ccc(N(c4ccccc4)c4ccccc4)cc3)s2)C(=O)N(CC(=O)OC(C)(C)C)C1=O. The molecule has 204 valence electrons. The van der Waals surface area contributed by atoms with E-state index < -0.39 is 29.9 Å². The summed E-state index contributed by atoms with van der Waals surface area (Å²) in [6.45, 7) is 12.1. The lowest BCUT2D eigenvalue weighted by Gasteiger charge is -2.25. The lowest BCUT2D eigenvalue weighted by Crippen LogP contribution is -2.39. The van der Waals surface area contributed by atoms with Crippen molar-refractivity contribution >= 4 is 51.8 Å². The Hall–Kier alpha value is -5.00. The van der Waals surface area contributed by atoms with E-state index in [4.69, 9.17) is 11.3 Å². The van der Waals surface area contributed by atoms with E-state index in [1.54, 1.807) is 26.8 Å². The van der Waals surface area contributed by atoms with Crippen LogP contribution in [0.2, 0.25) is 0 Å². The smallest absolute Gasteiger partial charge is 0.326 e. The van der Waals surface area contributed by atoms with Gasteiger partial charge in [0.15, 0.2) is 0 Å². The first-order chi connectivity index (χ1) is 19.7. The summed E-state index contributed by atoms with van der Waals surface area (Å²) in [5, 5.41) is 0. The average Bonchev–Trinajstić information content (AvgIpc) is 3.52. The Bertz CT molecular complexity index is 1640. The quantitative estimate of drug-likeness (QED) is 0.135.